The molecule has 1 aromatic rings. The summed E-state index contributed by atoms with van der Waals surface area (Å²) in [5.74, 6) is 1.48. The zero-order valence-electron chi connectivity index (χ0n) is 8.00. The standard InChI is InChI=1S/C11H14ClNO/c12-9-4-5-11(10(13)6-9)14-7-8-2-1-3-8/h4-6,8H,1-3,7,13H2. The van der Waals surface area contributed by atoms with Crippen molar-refractivity contribution in [2.45, 2.75) is 19.3 Å². The van der Waals surface area contributed by atoms with E-state index in [0.29, 0.717) is 10.7 Å². The summed E-state index contributed by atoms with van der Waals surface area (Å²) in [6.45, 7) is 0.784. The molecule has 14 heavy (non-hydrogen) atoms. The van der Waals surface area contributed by atoms with Gasteiger partial charge in [-0.2, -0.15) is 0 Å². The van der Waals surface area contributed by atoms with Crippen molar-refractivity contribution in [3.05, 3.63) is 23.2 Å². The molecule has 0 aromatic heterocycles. The van der Waals surface area contributed by atoms with Gasteiger partial charge in [0.25, 0.3) is 0 Å². The Balaban J connectivity index is 1.94. The van der Waals surface area contributed by atoms with Gasteiger partial charge in [0.1, 0.15) is 5.75 Å². The highest BCUT2D eigenvalue weighted by molar-refractivity contribution is 6.30. The number of halogens is 1. The SMILES string of the molecule is Nc1cc(Cl)ccc1OCC1CCC1. The van der Waals surface area contributed by atoms with Gasteiger partial charge in [0.2, 0.25) is 0 Å². The molecule has 0 spiro atoms. The Kier molecular flexibility index (Phi) is 2.82. The first-order valence-corrected chi connectivity index (χ1v) is 5.31. The van der Waals surface area contributed by atoms with Gasteiger partial charge in [0.15, 0.2) is 0 Å². The maximum atomic E-state index is 5.78. The summed E-state index contributed by atoms with van der Waals surface area (Å²) in [6.07, 6.45) is 3.91. The fraction of sp³-hybridized carbons (Fsp3) is 0.455. The number of hydrogen-bond donors (Lipinski definition) is 1. The predicted octanol–water partition coefficient (Wildman–Crippen LogP) is 3.10. The van der Waals surface area contributed by atoms with Crippen LogP contribution in [0.5, 0.6) is 5.75 Å². The van der Waals surface area contributed by atoms with E-state index >= 15 is 0 Å². The van der Waals surface area contributed by atoms with E-state index in [0.717, 1.165) is 18.3 Å². The van der Waals surface area contributed by atoms with E-state index in [4.69, 9.17) is 22.1 Å². The molecule has 1 fully saturated rings. The molecular formula is C11H14ClNO. The lowest BCUT2D eigenvalue weighted by atomic mass is 9.86. The third-order valence-corrected chi connectivity index (χ3v) is 2.91. The minimum absolute atomic E-state index is 0.622. The first kappa shape index (κ1) is 9.66. The van der Waals surface area contributed by atoms with Gasteiger partial charge in [-0.3, -0.25) is 0 Å². The van der Waals surface area contributed by atoms with Crippen molar-refractivity contribution in [2.24, 2.45) is 5.92 Å². The summed E-state index contributed by atoms with van der Waals surface area (Å²) in [4.78, 5) is 0. The molecule has 0 saturated heterocycles. The molecule has 76 valence electrons. The predicted molar refractivity (Wildman–Crippen MR) is 58.7 cm³/mol. The highest BCUT2D eigenvalue weighted by Crippen LogP contribution is 2.29. The topological polar surface area (TPSA) is 35.2 Å². The maximum absolute atomic E-state index is 5.78. The van der Waals surface area contributed by atoms with Crippen LogP contribution in [0, 0.1) is 5.92 Å². The molecule has 1 aliphatic rings. The van der Waals surface area contributed by atoms with Crippen LogP contribution in [0.4, 0.5) is 5.69 Å². The fourth-order valence-electron chi connectivity index (χ4n) is 1.52. The van der Waals surface area contributed by atoms with E-state index in [2.05, 4.69) is 0 Å². The number of nitrogen functional groups attached to an aromatic ring is 1. The number of ether oxygens (including phenoxy) is 1. The molecule has 2 N–H and O–H groups in total. The average molecular weight is 212 g/mol. The summed E-state index contributed by atoms with van der Waals surface area (Å²) in [5.41, 5.74) is 6.38. The zero-order valence-corrected chi connectivity index (χ0v) is 8.76. The summed E-state index contributed by atoms with van der Waals surface area (Å²) in [5, 5.41) is 0.651. The van der Waals surface area contributed by atoms with Crippen molar-refractivity contribution >= 4 is 17.3 Å². The van der Waals surface area contributed by atoms with Crippen LogP contribution in [-0.4, -0.2) is 6.61 Å². The zero-order chi connectivity index (χ0) is 9.97. The van der Waals surface area contributed by atoms with Crippen LogP contribution in [0.3, 0.4) is 0 Å². The van der Waals surface area contributed by atoms with Crippen LogP contribution in [0.2, 0.25) is 5.02 Å². The van der Waals surface area contributed by atoms with E-state index in [9.17, 15) is 0 Å². The van der Waals surface area contributed by atoms with E-state index < -0.39 is 0 Å². The normalized spacial score (nSPS) is 16.4. The largest absolute Gasteiger partial charge is 0.491 e. The second-order valence-corrected chi connectivity index (χ2v) is 4.23. The van der Waals surface area contributed by atoms with Crippen molar-refractivity contribution in [1.29, 1.82) is 0 Å². The van der Waals surface area contributed by atoms with E-state index in [-0.39, 0.29) is 0 Å². The summed E-state index contributed by atoms with van der Waals surface area (Å²) in [7, 11) is 0. The highest BCUT2D eigenvalue weighted by atomic mass is 35.5. The third kappa shape index (κ3) is 2.13. The van der Waals surface area contributed by atoms with Crippen LogP contribution in [0.25, 0.3) is 0 Å². The van der Waals surface area contributed by atoms with Crippen LogP contribution in [0.15, 0.2) is 18.2 Å². The van der Waals surface area contributed by atoms with Crippen molar-refractivity contribution in [3.63, 3.8) is 0 Å². The molecule has 1 aromatic carbocycles. The van der Waals surface area contributed by atoms with Crippen molar-refractivity contribution in [2.75, 3.05) is 12.3 Å². The molecule has 1 saturated carbocycles. The molecule has 2 nitrogen and oxygen atoms in total. The van der Waals surface area contributed by atoms with Crippen LogP contribution < -0.4 is 10.5 Å². The Hall–Kier alpha value is -0.890. The van der Waals surface area contributed by atoms with Gasteiger partial charge in [-0.1, -0.05) is 18.0 Å². The molecule has 0 atom stereocenters. The van der Waals surface area contributed by atoms with E-state index in [1.165, 1.54) is 19.3 Å². The molecule has 3 heteroatoms. The quantitative estimate of drug-likeness (QED) is 0.780. The Morgan fingerprint density at radius 1 is 1.43 bits per heavy atom. The second-order valence-electron chi connectivity index (χ2n) is 3.79. The van der Waals surface area contributed by atoms with Gasteiger partial charge in [0, 0.05) is 5.02 Å². The lowest BCUT2D eigenvalue weighted by molar-refractivity contribution is 0.181. The van der Waals surface area contributed by atoms with Gasteiger partial charge in [-0.05, 0) is 37.0 Å². The fourth-order valence-corrected chi connectivity index (χ4v) is 1.70. The van der Waals surface area contributed by atoms with E-state index in [1.54, 1.807) is 12.1 Å². The highest BCUT2D eigenvalue weighted by Gasteiger charge is 2.18. The third-order valence-electron chi connectivity index (χ3n) is 2.67. The maximum Gasteiger partial charge on any atom is 0.142 e. The minimum Gasteiger partial charge on any atom is -0.491 e. The summed E-state index contributed by atoms with van der Waals surface area (Å²) < 4.78 is 5.61. The van der Waals surface area contributed by atoms with Gasteiger partial charge in [-0.15, -0.1) is 0 Å². The molecular weight excluding hydrogens is 198 g/mol. The molecule has 0 amide bonds. The van der Waals surface area contributed by atoms with Crippen LogP contribution in [-0.2, 0) is 0 Å². The Morgan fingerprint density at radius 2 is 2.21 bits per heavy atom. The number of nitrogens with two attached hydrogens (primary N) is 1. The Bertz CT molecular complexity index is 323. The molecule has 0 radical (unpaired) electrons. The first-order valence-electron chi connectivity index (χ1n) is 4.93. The molecule has 0 aliphatic heterocycles. The second kappa shape index (κ2) is 4.09. The Labute approximate surface area is 89.0 Å². The average Bonchev–Trinajstić information content (AvgIpc) is 2.05. The Morgan fingerprint density at radius 3 is 2.79 bits per heavy atom. The number of hydrogen-bond acceptors (Lipinski definition) is 2. The molecule has 0 bridgehead atoms. The lowest BCUT2D eigenvalue weighted by Crippen LogP contribution is -2.19. The van der Waals surface area contributed by atoms with Gasteiger partial charge in [-0.25, -0.2) is 0 Å². The lowest BCUT2D eigenvalue weighted by Gasteiger charge is -2.25. The van der Waals surface area contributed by atoms with Crippen LogP contribution >= 0.6 is 11.6 Å². The van der Waals surface area contributed by atoms with Gasteiger partial charge >= 0.3 is 0 Å². The van der Waals surface area contributed by atoms with Crippen LogP contribution in [0.1, 0.15) is 19.3 Å². The van der Waals surface area contributed by atoms with Gasteiger partial charge in [0.05, 0.1) is 12.3 Å². The van der Waals surface area contributed by atoms with Crippen molar-refractivity contribution in [3.8, 4) is 5.75 Å². The summed E-state index contributed by atoms with van der Waals surface area (Å²) >= 11 is 5.78. The molecule has 2 rings (SSSR count). The molecule has 0 heterocycles. The minimum atomic E-state index is 0.622. The smallest absolute Gasteiger partial charge is 0.142 e. The first-order chi connectivity index (χ1) is 6.75. The molecule has 1 aliphatic carbocycles. The number of rotatable bonds is 3. The summed E-state index contributed by atoms with van der Waals surface area (Å²) in [6, 6.07) is 5.35. The monoisotopic (exact) mass is 211 g/mol. The van der Waals surface area contributed by atoms with E-state index in [1.807, 2.05) is 6.07 Å². The number of anilines is 1. The van der Waals surface area contributed by atoms with Crippen molar-refractivity contribution in [1.82, 2.24) is 0 Å². The van der Waals surface area contributed by atoms with Gasteiger partial charge < -0.3 is 10.5 Å². The number of benzene rings is 1. The molecule has 0 unspecified atom stereocenters. The van der Waals surface area contributed by atoms with Crippen molar-refractivity contribution < 1.29 is 4.74 Å².